The van der Waals surface area contributed by atoms with Gasteiger partial charge in [-0.1, -0.05) is 53.8 Å². The first-order valence-corrected chi connectivity index (χ1v) is 12.6. The lowest BCUT2D eigenvalue weighted by atomic mass is 10.1. The molecule has 4 aromatic rings. The summed E-state index contributed by atoms with van der Waals surface area (Å²) in [5.41, 5.74) is 2.28. The maximum atomic E-state index is 13.2. The van der Waals surface area contributed by atoms with Crippen molar-refractivity contribution in [2.75, 3.05) is 17.4 Å². The van der Waals surface area contributed by atoms with Crippen LogP contribution in [0, 0.1) is 0 Å². The van der Waals surface area contributed by atoms with Crippen LogP contribution in [0.3, 0.4) is 0 Å². The lowest BCUT2D eigenvalue weighted by molar-refractivity contribution is -0.117. The van der Waals surface area contributed by atoms with Crippen LogP contribution >= 0.6 is 27.3 Å². The number of fused-ring (bicyclic) bond motifs is 1. The van der Waals surface area contributed by atoms with Crippen molar-refractivity contribution >= 4 is 50.0 Å². The number of para-hydroxylation sites is 1. The molecule has 1 unspecified atom stereocenters. The summed E-state index contributed by atoms with van der Waals surface area (Å²) in [6.07, 6.45) is 0.296. The maximum absolute atomic E-state index is 13.2. The largest absolute Gasteiger partial charge is 0.454 e. The van der Waals surface area contributed by atoms with Crippen molar-refractivity contribution in [1.29, 1.82) is 0 Å². The van der Waals surface area contributed by atoms with Crippen molar-refractivity contribution in [3.63, 3.8) is 0 Å². The second-order valence-electron chi connectivity index (χ2n) is 7.79. The van der Waals surface area contributed by atoms with Crippen LogP contribution in [0.2, 0.25) is 0 Å². The van der Waals surface area contributed by atoms with Crippen LogP contribution in [0.1, 0.15) is 5.56 Å². The fourth-order valence-electron chi connectivity index (χ4n) is 3.55. The first-order chi connectivity index (χ1) is 17.5. The zero-order chi connectivity index (χ0) is 24.9. The Balaban J connectivity index is 1.30. The van der Waals surface area contributed by atoms with Crippen LogP contribution in [-0.2, 0) is 11.2 Å². The summed E-state index contributed by atoms with van der Waals surface area (Å²) in [7, 11) is 0. The van der Waals surface area contributed by atoms with Gasteiger partial charge in [0.1, 0.15) is 11.0 Å². The Kier molecular flexibility index (Phi) is 7.10. The maximum Gasteiger partial charge on any atom is 0.319 e. The summed E-state index contributed by atoms with van der Waals surface area (Å²) in [5.74, 6) is 0.901. The first-order valence-electron chi connectivity index (χ1n) is 11.0. The van der Waals surface area contributed by atoms with E-state index >= 15 is 0 Å². The topological polar surface area (TPSA) is 114 Å². The van der Waals surface area contributed by atoms with Gasteiger partial charge in [0.15, 0.2) is 11.5 Å². The Morgan fingerprint density at radius 3 is 2.56 bits per heavy atom. The molecule has 0 fully saturated rings. The highest BCUT2D eigenvalue weighted by atomic mass is 79.9. The Morgan fingerprint density at radius 1 is 0.944 bits per heavy atom. The molecule has 0 saturated heterocycles. The number of hydrogen-bond donors (Lipinski definition) is 3. The summed E-state index contributed by atoms with van der Waals surface area (Å²) >= 11 is 4.63. The Labute approximate surface area is 219 Å². The number of carbonyl (C=O) groups is 2. The molecule has 36 heavy (non-hydrogen) atoms. The number of benzene rings is 3. The molecule has 0 radical (unpaired) electrons. The van der Waals surface area contributed by atoms with Crippen molar-refractivity contribution in [3.05, 3.63) is 82.8 Å². The molecule has 5 rings (SSSR count). The van der Waals surface area contributed by atoms with E-state index in [1.807, 2.05) is 60.7 Å². The third-order valence-corrected chi connectivity index (χ3v) is 6.88. The normalized spacial score (nSPS) is 12.6. The summed E-state index contributed by atoms with van der Waals surface area (Å²) in [6.45, 7) is 0.181. The monoisotopic (exact) mass is 565 g/mol. The van der Waals surface area contributed by atoms with Crippen LogP contribution in [0.4, 0.5) is 15.6 Å². The van der Waals surface area contributed by atoms with Gasteiger partial charge >= 0.3 is 6.03 Å². The van der Waals surface area contributed by atoms with E-state index in [4.69, 9.17) is 9.47 Å². The number of anilines is 2. The molecule has 0 saturated carbocycles. The zero-order valence-corrected chi connectivity index (χ0v) is 21.1. The summed E-state index contributed by atoms with van der Waals surface area (Å²) in [6, 6.07) is 20.8. The molecule has 2 heterocycles. The average molecular weight is 566 g/mol. The highest BCUT2D eigenvalue weighted by molar-refractivity contribution is 9.10. The highest BCUT2D eigenvalue weighted by Crippen LogP contribution is 2.37. The van der Waals surface area contributed by atoms with Gasteiger partial charge in [0.25, 0.3) is 0 Å². The Bertz CT molecular complexity index is 1400. The van der Waals surface area contributed by atoms with E-state index in [0.717, 1.165) is 15.6 Å². The van der Waals surface area contributed by atoms with Gasteiger partial charge in [0.2, 0.25) is 17.8 Å². The summed E-state index contributed by atoms with van der Waals surface area (Å²) in [5, 5.41) is 17.5. The number of nitrogens with zero attached hydrogens (tertiary/aromatic N) is 2. The van der Waals surface area contributed by atoms with E-state index in [2.05, 4.69) is 42.1 Å². The van der Waals surface area contributed by atoms with Crippen molar-refractivity contribution in [2.24, 2.45) is 0 Å². The van der Waals surface area contributed by atoms with Crippen molar-refractivity contribution in [3.8, 4) is 22.1 Å². The second kappa shape index (κ2) is 10.8. The van der Waals surface area contributed by atoms with E-state index in [-0.39, 0.29) is 6.79 Å². The molecule has 11 heteroatoms. The number of aromatic nitrogens is 2. The first kappa shape index (κ1) is 23.8. The minimum atomic E-state index is -0.854. The van der Waals surface area contributed by atoms with Gasteiger partial charge in [-0.15, -0.1) is 10.2 Å². The van der Waals surface area contributed by atoms with E-state index in [1.54, 1.807) is 12.1 Å². The number of hydrogen-bond acceptors (Lipinski definition) is 7. The minimum Gasteiger partial charge on any atom is -0.454 e. The standard InChI is InChI=1S/C25H20BrN5O4S/c26-17-8-4-5-9-18(17)27-24(33)28-19(12-15-6-2-1-3-7-15)22(32)29-25-31-30-23(36-25)16-10-11-20-21(13-16)35-14-34-20/h1-11,13,19H,12,14H2,(H2,27,28,33)(H,29,31,32). The van der Waals surface area contributed by atoms with Gasteiger partial charge < -0.3 is 20.1 Å². The second-order valence-corrected chi connectivity index (χ2v) is 9.62. The van der Waals surface area contributed by atoms with Gasteiger partial charge in [-0.25, -0.2) is 4.79 Å². The van der Waals surface area contributed by atoms with Crippen molar-refractivity contribution in [1.82, 2.24) is 15.5 Å². The summed E-state index contributed by atoms with van der Waals surface area (Å²) in [4.78, 5) is 25.9. The molecule has 1 aromatic heterocycles. The van der Waals surface area contributed by atoms with Gasteiger partial charge in [-0.3, -0.25) is 10.1 Å². The van der Waals surface area contributed by atoms with E-state index in [9.17, 15) is 9.59 Å². The number of amides is 3. The molecule has 0 bridgehead atoms. The molecule has 3 aromatic carbocycles. The van der Waals surface area contributed by atoms with Gasteiger partial charge in [0, 0.05) is 16.5 Å². The van der Waals surface area contributed by atoms with Gasteiger partial charge in [-0.2, -0.15) is 0 Å². The van der Waals surface area contributed by atoms with Crippen LogP contribution in [0.25, 0.3) is 10.6 Å². The third kappa shape index (κ3) is 5.64. The molecular weight excluding hydrogens is 546 g/mol. The quantitative estimate of drug-likeness (QED) is 0.288. The SMILES string of the molecule is O=C(Nc1ccccc1Br)NC(Cc1ccccc1)C(=O)Nc1nnc(-c2ccc3c(c2)OCO3)s1. The molecular formula is C25H20BrN5O4S. The fraction of sp³-hybridized carbons (Fsp3) is 0.120. The molecule has 3 amide bonds. The molecule has 3 N–H and O–H groups in total. The van der Waals surface area contributed by atoms with E-state index < -0.39 is 18.0 Å². The number of nitrogens with one attached hydrogen (secondary N) is 3. The predicted molar refractivity (Wildman–Crippen MR) is 140 cm³/mol. The smallest absolute Gasteiger partial charge is 0.319 e. The van der Waals surface area contributed by atoms with Crippen molar-refractivity contribution in [2.45, 2.75) is 12.5 Å². The van der Waals surface area contributed by atoms with Crippen LogP contribution in [0.5, 0.6) is 11.5 Å². The van der Waals surface area contributed by atoms with Crippen LogP contribution < -0.4 is 25.4 Å². The zero-order valence-electron chi connectivity index (χ0n) is 18.7. The molecule has 1 aliphatic rings. The molecule has 182 valence electrons. The average Bonchev–Trinajstić information content (AvgIpc) is 3.55. The van der Waals surface area contributed by atoms with Gasteiger partial charge in [0.05, 0.1) is 5.69 Å². The number of carbonyl (C=O) groups excluding carboxylic acids is 2. The van der Waals surface area contributed by atoms with E-state index in [0.29, 0.717) is 33.7 Å². The number of urea groups is 1. The van der Waals surface area contributed by atoms with Crippen LogP contribution in [0.15, 0.2) is 77.3 Å². The highest BCUT2D eigenvalue weighted by Gasteiger charge is 2.23. The molecule has 1 aliphatic heterocycles. The Hall–Kier alpha value is -3.96. The third-order valence-electron chi connectivity index (χ3n) is 5.30. The van der Waals surface area contributed by atoms with Crippen LogP contribution in [-0.4, -0.2) is 35.0 Å². The fourth-order valence-corrected chi connectivity index (χ4v) is 4.68. The lowest BCUT2D eigenvalue weighted by Crippen LogP contribution is -2.47. The number of halogens is 1. The molecule has 1 atom stereocenters. The van der Waals surface area contributed by atoms with Gasteiger partial charge in [-0.05, 0) is 51.8 Å². The minimum absolute atomic E-state index is 0.181. The summed E-state index contributed by atoms with van der Waals surface area (Å²) < 4.78 is 11.5. The predicted octanol–water partition coefficient (Wildman–Crippen LogP) is 5.07. The Morgan fingerprint density at radius 2 is 1.72 bits per heavy atom. The molecule has 9 nitrogen and oxygen atoms in total. The number of rotatable bonds is 7. The number of ether oxygens (including phenoxy) is 2. The van der Waals surface area contributed by atoms with E-state index in [1.165, 1.54) is 11.3 Å². The molecule has 0 aliphatic carbocycles. The van der Waals surface area contributed by atoms with Crippen molar-refractivity contribution < 1.29 is 19.1 Å². The molecule has 0 spiro atoms. The lowest BCUT2D eigenvalue weighted by Gasteiger charge is -2.18.